The number of benzene rings is 3. The maximum Gasteiger partial charge on any atom is 0.161 e. The van der Waals surface area contributed by atoms with Gasteiger partial charge in [-0.15, -0.1) is 0 Å². The highest BCUT2D eigenvalue weighted by Crippen LogP contribution is 2.43. The summed E-state index contributed by atoms with van der Waals surface area (Å²) in [5, 5.41) is 21.7. The van der Waals surface area contributed by atoms with E-state index in [1.165, 1.54) is 44.9 Å². The molecule has 0 atom stereocenters. The maximum atomic E-state index is 12.7. The molecule has 0 aliphatic heterocycles. The van der Waals surface area contributed by atoms with Gasteiger partial charge in [-0.25, -0.2) is 0 Å². The molecule has 0 unspecified atom stereocenters. The number of nitrogens with one attached hydrogen (secondary N) is 1. The fourth-order valence-electron chi connectivity index (χ4n) is 6.10. The molecule has 1 aromatic heterocycles. The van der Waals surface area contributed by atoms with Crippen LogP contribution in [0, 0.1) is 5.41 Å². The lowest BCUT2D eigenvalue weighted by molar-refractivity contribution is -0.114. The Kier molecular flexibility index (Phi) is 9.13. The Morgan fingerprint density at radius 3 is 2.68 bits per heavy atom. The summed E-state index contributed by atoms with van der Waals surface area (Å²) < 4.78 is 6.02. The first kappa shape index (κ1) is 28.5. The third-order valence-corrected chi connectivity index (χ3v) is 8.52. The van der Waals surface area contributed by atoms with E-state index in [0.717, 1.165) is 33.2 Å². The minimum atomic E-state index is 0.0860. The lowest BCUT2D eigenvalue weighted by Gasteiger charge is -2.24. The first-order chi connectivity index (χ1) is 19.9. The topological polar surface area (TPSA) is 82.6 Å². The summed E-state index contributed by atoms with van der Waals surface area (Å²) in [4.78, 5) is 15.9. The first-order valence-electron chi connectivity index (χ1n) is 15.0. The highest BCUT2D eigenvalue weighted by molar-refractivity contribution is 5.90. The number of ether oxygens (including phenoxy) is 1. The van der Waals surface area contributed by atoms with Crippen LogP contribution in [0.4, 0.5) is 0 Å². The Bertz CT molecular complexity index is 1510. The number of H-pyrrole nitrogens is 1. The van der Waals surface area contributed by atoms with E-state index in [1.54, 1.807) is 18.2 Å². The van der Waals surface area contributed by atoms with Gasteiger partial charge in [-0.2, -0.15) is 0 Å². The van der Waals surface area contributed by atoms with Gasteiger partial charge in [-0.3, -0.25) is 4.79 Å². The zero-order chi connectivity index (χ0) is 28.7. The number of ketones is 1. The molecule has 0 amide bonds. The number of phenolic OH excluding ortho intramolecular Hbond substituents is 2. The summed E-state index contributed by atoms with van der Waals surface area (Å²) in [5.41, 5.74) is 5.27. The van der Waals surface area contributed by atoms with Crippen LogP contribution in [0.15, 0.2) is 79.0 Å². The third-order valence-electron chi connectivity index (χ3n) is 8.52. The number of aryl methyl sites for hydroxylation is 1. The number of carbonyl (C=O) groups excluding carboxylic acids is 1. The average molecular weight is 552 g/mol. The van der Waals surface area contributed by atoms with Crippen LogP contribution in [-0.4, -0.2) is 27.6 Å². The molecule has 0 radical (unpaired) electrons. The predicted octanol–water partition coefficient (Wildman–Crippen LogP) is 8.68. The number of allylic oxidation sites excluding steroid dienone is 2. The fraction of sp³-hybridized carbons (Fsp3) is 0.361. The van der Waals surface area contributed by atoms with Crippen molar-refractivity contribution < 1.29 is 19.7 Å². The number of aromatic amines is 1. The molecule has 1 aliphatic carbocycles. The second kappa shape index (κ2) is 13.1. The van der Waals surface area contributed by atoms with E-state index in [2.05, 4.69) is 24.1 Å². The number of fused-ring (bicyclic) bond motifs is 1. The molecule has 1 heterocycles. The maximum absolute atomic E-state index is 12.7. The van der Waals surface area contributed by atoms with Crippen LogP contribution in [0.5, 0.6) is 17.2 Å². The van der Waals surface area contributed by atoms with Gasteiger partial charge in [0.25, 0.3) is 0 Å². The number of hydrogen-bond acceptors (Lipinski definition) is 4. The lowest BCUT2D eigenvalue weighted by atomic mass is 9.80. The fourth-order valence-corrected chi connectivity index (χ4v) is 6.10. The number of rotatable bonds is 13. The van der Waals surface area contributed by atoms with Crippen molar-refractivity contribution in [1.29, 1.82) is 0 Å². The molecule has 214 valence electrons. The molecule has 0 spiro atoms. The van der Waals surface area contributed by atoms with Gasteiger partial charge in [0.05, 0.1) is 6.61 Å². The van der Waals surface area contributed by atoms with Crippen molar-refractivity contribution in [1.82, 2.24) is 4.98 Å². The number of hydrogen-bond donors (Lipinski definition) is 3. The standard InChI is InChI=1S/C36H41NO4/c1-2-3-17-36(18-4-5-19-36)20-14-30(38)10-6-26-7-13-34(40)35(23-26)41-22-16-27-8-11-31(39)25-32(27)28-9-12-33-29(24-28)15-21-37-33/h7-9,11-15,20-21,23-25,37,39-40H,2-6,10,16-19,22H2,1H3. The lowest BCUT2D eigenvalue weighted by Crippen LogP contribution is -2.13. The van der Waals surface area contributed by atoms with Crippen molar-refractivity contribution in [3.8, 4) is 28.4 Å². The van der Waals surface area contributed by atoms with Gasteiger partial charge in [-0.05, 0) is 107 Å². The Labute approximate surface area is 242 Å². The van der Waals surface area contributed by atoms with E-state index in [0.29, 0.717) is 31.6 Å². The molecule has 5 rings (SSSR count). The van der Waals surface area contributed by atoms with Gasteiger partial charge in [0.1, 0.15) is 5.75 Å². The molecule has 1 saturated carbocycles. The number of carbonyl (C=O) groups is 1. The van der Waals surface area contributed by atoms with Crippen LogP contribution in [-0.2, 0) is 17.6 Å². The van der Waals surface area contributed by atoms with Crippen molar-refractivity contribution >= 4 is 16.7 Å². The largest absolute Gasteiger partial charge is 0.508 e. The molecule has 3 N–H and O–H groups in total. The van der Waals surface area contributed by atoms with Crippen LogP contribution in [0.25, 0.3) is 22.0 Å². The van der Waals surface area contributed by atoms with E-state index < -0.39 is 0 Å². The molecule has 3 aromatic carbocycles. The van der Waals surface area contributed by atoms with E-state index in [-0.39, 0.29) is 22.7 Å². The molecule has 5 heteroatoms. The van der Waals surface area contributed by atoms with Gasteiger partial charge in [-0.1, -0.05) is 56.9 Å². The van der Waals surface area contributed by atoms with Crippen molar-refractivity contribution in [2.75, 3.05) is 6.61 Å². The van der Waals surface area contributed by atoms with Crippen LogP contribution in [0.1, 0.15) is 69.4 Å². The monoisotopic (exact) mass is 551 g/mol. The second-order valence-electron chi connectivity index (χ2n) is 11.5. The normalized spacial score (nSPS) is 14.7. The van der Waals surface area contributed by atoms with Gasteiger partial charge in [0.2, 0.25) is 0 Å². The summed E-state index contributed by atoms with van der Waals surface area (Å²) in [7, 11) is 0. The van der Waals surface area contributed by atoms with Gasteiger partial charge in [0.15, 0.2) is 17.3 Å². The average Bonchev–Trinajstić information content (AvgIpc) is 3.66. The van der Waals surface area contributed by atoms with E-state index in [4.69, 9.17) is 4.74 Å². The molecule has 1 aliphatic rings. The summed E-state index contributed by atoms with van der Waals surface area (Å²) in [6.45, 7) is 2.59. The highest BCUT2D eigenvalue weighted by atomic mass is 16.5. The Hall–Kier alpha value is -3.99. The van der Waals surface area contributed by atoms with Gasteiger partial charge >= 0.3 is 0 Å². The Morgan fingerprint density at radius 2 is 1.85 bits per heavy atom. The minimum Gasteiger partial charge on any atom is -0.508 e. The Morgan fingerprint density at radius 1 is 1.00 bits per heavy atom. The molecule has 5 nitrogen and oxygen atoms in total. The van der Waals surface area contributed by atoms with Crippen LogP contribution < -0.4 is 4.74 Å². The summed E-state index contributed by atoms with van der Waals surface area (Å²) in [5.74, 6) is 0.876. The van der Waals surface area contributed by atoms with Crippen LogP contribution in [0.3, 0.4) is 0 Å². The smallest absolute Gasteiger partial charge is 0.161 e. The van der Waals surface area contributed by atoms with Crippen molar-refractivity contribution in [2.45, 2.75) is 71.1 Å². The molecule has 0 saturated heterocycles. The van der Waals surface area contributed by atoms with Gasteiger partial charge < -0.3 is 19.9 Å². The molecule has 41 heavy (non-hydrogen) atoms. The van der Waals surface area contributed by atoms with Crippen LogP contribution >= 0.6 is 0 Å². The SMILES string of the molecule is CCCCC1(C=CC(=O)CCc2ccc(O)c(OCCc3ccc(O)cc3-c3ccc4[nH]ccc4c3)c2)CCCC1. The number of aromatic nitrogens is 1. The molecular formula is C36H41NO4. The zero-order valence-electron chi connectivity index (χ0n) is 24.0. The van der Waals surface area contributed by atoms with E-state index in [1.807, 2.05) is 48.7 Å². The summed E-state index contributed by atoms with van der Waals surface area (Å²) >= 11 is 0. The Balaban J connectivity index is 1.19. The third kappa shape index (κ3) is 7.21. The van der Waals surface area contributed by atoms with Gasteiger partial charge in [0, 0.05) is 24.6 Å². The number of unbranched alkanes of at least 4 members (excludes halogenated alkanes) is 1. The summed E-state index contributed by atoms with van der Waals surface area (Å²) in [6, 6.07) is 18.9. The molecule has 1 fully saturated rings. The number of aromatic hydroxyl groups is 2. The molecule has 0 bridgehead atoms. The summed E-state index contributed by atoms with van der Waals surface area (Å²) in [6.07, 6.45) is 16.1. The van der Waals surface area contributed by atoms with E-state index in [9.17, 15) is 15.0 Å². The van der Waals surface area contributed by atoms with Crippen LogP contribution in [0.2, 0.25) is 0 Å². The minimum absolute atomic E-state index is 0.0860. The highest BCUT2D eigenvalue weighted by Gasteiger charge is 2.30. The molecular weight excluding hydrogens is 510 g/mol. The predicted molar refractivity (Wildman–Crippen MR) is 166 cm³/mol. The molecule has 4 aromatic rings. The van der Waals surface area contributed by atoms with Crippen molar-refractivity contribution in [3.05, 3.63) is 90.1 Å². The number of phenols is 2. The first-order valence-corrected chi connectivity index (χ1v) is 15.0. The second-order valence-corrected chi connectivity index (χ2v) is 11.5. The zero-order valence-corrected chi connectivity index (χ0v) is 24.0. The van der Waals surface area contributed by atoms with E-state index >= 15 is 0 Å². The van der Waals surface area contributed by atoms with Crippen molar-refractivity contribution in [2.24, 2.45) is 5.41 Å². The quantitative estimate of drug-likeness (QED) is 0.145. The van der Waals surface area contributed by atoms with Crippen molar-refractivity contribution in [3.63, 3.8) is 0 Å².